The summed E-state index contributed by atoms with van der Waals surface area (Å²) in [6.45, 7) is 5.37. The fraction of sp³-hybridized carbons (Fsp3) is 0.629. The van der Waals surface area contributed by atoms with E-state index in [1.165, 1.54) is 38.5 Å². The van der Waals surface area contributed by atoms with Crippen molar-refractivity contribution in [2.24, 2.45) is 23.7 Å². The minimum atomic E-state index is -0.536. The lowest BCUT2D eigenvalue weighted by molar-refractivity contribution is -0.276. The Bertz CT molecular complexity index is 1210. The molecule has 226 valence electrons. The number of piperidine rings is 1. The number of carbonyl (C=O) groups is 1. The molecule has 6 fully saturated rings. The zero-order chi connectivity index (χ0) is 28.7. The summed E-state index contributed by atoms with van der Waals surface area (Å²) in [6, 6.07) is 16.0. The standard InChI is InChI=1S/C35H47N3O4/c1-23-31(21-38-12-3-2-4-13-38)41-33(42-32(23)28-10-8-24(22-39)9-11-28)29-6-5-7-30(17-29)36-34(40)37-35-18-25-14-26(19-35)16-27(15-25)20-35/h5-11,17,23,25-27,31-33,39H,2-4,12-16,18-22H2,1H3,(H2,36,37,40)/t23-,25?,26?,27?,31+,32+,33+,35?/m0/s1. The Balaban J connectivity index is 1.07. The summed E-state index contributed by atoms with van der Waals surface area (Å²) in [6.07, 6.45) is 10.6. The topological polar surface area (TPSA) is 83.1 Å². The lowest BCUT2D eigenvalue weighted by atomic mass is 9.53. The van der Waals surface area contributed by atoms with Gasteiger partial charge in [0, 0.05) is 29.3 Å². The quantitative estimate of drug-likeness (QED) is 0.350. The number of ether oxygens (including phenoxy) is 2. The van der Waals surface area contributed by atoms with Crippen molar-refractivity contribution in [2.75, 3.05) is 25.0 Å². The van der Waals surface area contributed by atoms with Crippen molar-refractivity contribution in [2.45, 2.75) is 95.4 Å². The predicted molar refractivity (Wildman–Crippen MR) is 163 cm³/mol. The molecule has 2 aromatic carbocycles. The first-order valence-corrected chi connectivity index (χ1v) is 16.4. The molecule has 2 aliphatic heterocycles. The number of nitrogens with zero attached hydrogens (tertiary/aromatic N) is 1. The Morgan fingerprint density at radius 2 is 1.62 bits per heavy atom. The predicted octanol–water partition coefficient (Wildman–Crippen LogP) is 6.55. The highest BCUT2D eigenvalue weighted by molar-refractivity contribution is 5.89. The second kappa shape index (κ2) is 11.9. The third kappa shape index (κ3) is 5.99. The van der Waals surface area contributed by atoms with Gasteiger partial charge in [0.1, 0.15) is 0 Å². The molecule has 0 aromatic heterocycles. The van der Waals surface area contributed by atoms with Gasteiger partial charge in [0.15, 0.2) is 6.29 Å². The molecule has 7 heteroatoms. The number of likely N-dealkylation sites (tertiary alicyclic amines) is 1. The van der Waals surface area contributed by atoms with Crippen LogP contribution in [0.2, 0.25) is 0 Å². The van der Waals surface area contributed by atoms with Crippen LogP contribution in [0.15, 0.2) is 48.5 Å². The molecule has 4 bridgehead atoms. The first kappa shape index (κ1) is 28.3. The number of carbonyl (C=O) groups excluding carboxylic acids is 1. The number of urea groups is 1. The Hall–Kier alpha value is -2.45. The average Bonchev–Trinajstić information content (AvgIpc) is 2.98. The second-order valence-electron chi connectivity index (χ2n) is 14.1. The smallest absolute Gasteiger partial charge is 0.319 e. The van der Waals surface area contributed by atoms with E-state index in [0.717, 1.165) is 79.0 Å². The summed E-state index contributed by atoms with van der Waals surface area (Å²) >= 11 is 0. The van der Waals surface area contributed by atoms with Gasteiger partial charge in [0.05, 0.1) is 18.8 Å². The molecule has 8 rings (SSSR count). The van der Waals surface area contributed by atoms with Crippen LogP contribution in [0.5, 0.6) is 0 Å². The monoisotopic (exact) mass is 573 g/mol. The number of amides is 2. The number of nitrogens with one attached hydrogen (secondary N) is 2. The van der Waals surface area contributed by atoms with Crippen LogP contribution < -0.4 is 10.6 Å². The van der Waals surface area contributed by atoms with Crippen molar-refractivity contribution in [3.8, 4) is 0 Å². The summed E-state index contributed by atoms with van der Waals surface area (Å²) in [7, 11) is 0. The van der Waals surface area contributed by atoms with Crippen LogP contribution in [-0.4, -0.2) is 47.3 Å². The number of benzene rings is 2. The lowest BCUT2D eigenvalue weighted by Crippen LogP contribution is -2.60. The molecule has 2 aromatic rings. The van der Waals surface area contributed by atoms with E-state index >= 15 is 0 Å². The Kier molecular flexibility index (Phi) is 8.03. The highest BCUT2D eigenvalue weighted by Crippen LogP contribution is 2.55. The molecular weight excluding hydrogens is 526 g/mol. The number of rotatable bonds is 7. The van der Waals surface area contributed by atoms with Gasteiger partial charge in [-0.25, -0.2) is 4.79 Å². The number of anilines is 1. The molecule has 2 heterocycles. The van der Waals surface area contributed by atoms with E-state index in [1.54, 1.807) is 0 Å². The third-order valence-electron chi connectivity index (χ3n) is 10.8. The van der Waals surface area contributed by atoms with Gasteiger partial charge >= 0.3 is 6.03 Å². The summed E-state index contributed by atoms with van der Waals surface area (Å²) in [5.41, 5.74) is 3.64. The average molecular weight is 574 g/mol. The van der Waals surface area contributed by atoms with Crippen LogP contribution in [0, 0.1) is 23.7 Å². The molecule has 2 amide bonds. The first-order chi connectivity index (χ1) is 20.4. The van der Waals surface area contributed by atoms with Crippen molar-refractivity contribution in [3.63, 3.8) is 0 Å². The number of hydrogen-bond acceptors (Lipinski definition) is 5. The van der Waals surface area contributed by atoms with Crippen LogP contribution in [0.1, 0.15) is 93.8 Å². The lowest BCUT2D eigenvalue weighted by Gasteiger charge is -2.56. The molecule has 4 atom stereocenters. The molecule has 6 aliphatic rings. The second-order valence-corrected chi connectivity index (χ2v) is 14.1. The highest BCUT2D eigenvalue weighted by Gasteiger charge is 2.51. The molecule has 4 aliphatic carbocycles. The van der Waals surface area contributed by atoms with Gasteiger partial charge in [-0.1, -0.05) is 49.7 Å². The highest BCUT2D eigenvalue weighted by atomic mass is 16.7. The number of aliphatic hydroxyl groups is 1. The van der Waals surface area contributed by atoms with Gasteiger partial charge in [0.25, 0.3) is 0 Å². The zero-order valence-electron chi connectivity index (χ0n) is 25.0. The van der Waals surface area contributed by atoms with Gasteiger partial charge in [-0.15, -0.1) is 0 Å². The van der Waals surface area contributed by atoms with Crippen LogP contribution in [-0.2, 0) is 16.1 Å². The molecule has 7 nitrogen and oxygen atoms in total. The maximum Gasteiger partial charge on any atom is 0.319 e. The molecule has 0 radical (unpaired) electrons. The SMILES string of the molecule is C[C@H]1[C@@H](CN2CCCCC2)O[C@@H](c2cccc(NC(=O)NC34CC5CC(CC(C5)C3)C4)c2)O[C@H]1c1ccc(CO)cc1. The van der Waals surface area contributed by atoms with E-state index in [-0.39, 0.29) is 36.3 Å². The van der Waals surface area contributed by atoms with E-state index in [0.29, 0.717) is 0 Å². The molecular formula is C35H47N3O4. The van der Waals surface area contributed by atoms with Crippen LogP contribution >= 0.6 is 0 Å². The third-order valence-corrected chi connectivity index (χ3v) is 10.8. The van der Waals surface area contributed by atoms with Crippen molar-refractivity contribution >= 4 is 11.7 Å². The normalized spacial score (nSPS) is 36.1. The summed E-state index contributed by atoms with van der Waals surface area (Å²) in [4.78, 5) is 15.8. The largest absolute Gasteiger partial charge is 0.392 e. The van der Waals surface area contributed by atoms with Gasteiger partial charge in [-0.3, -0.25) is 0 Å². The van der Waals surface area contributed by atoms with Crippen molar-refractivity contribution in [1.82, 2.24) is 10.2 Å². The Morgan fingerprint density at radius 3 is 2.29 bits per heavy atom. The van der Waals surface area contributed by atoms with Crippen LogP contribution in [0.25, 0.3) is 0 Å². The molecule has 0 spiro atoms. The minimum absolute atomic E-state index is 0.0142. The maximum atomic E-state index is 13.3. The fourth-order valence-electron chi connectivity index (χ4n) is 9.15. The fourth-order valence-corrected chi connectivity index (χ4v) is 9.15. The summed E-state index contributed by atoms with van der Waals surface area (Å²) in [5, 5.41) is 16.1. The van der Waals surface area contributed by atoms with E-state index in [9.17, 15) is 9.90 Å². The Labute approximate surface area is 250 Å². The molecule has 0 unspecified atom stereocenters. The van der Waals surface area contributed by atoms with Gasteiger partial charge in [-0.05, 0) is 105 Å². The maximum absolute atomic E-state index is 13.3. The number of hydrogen-bond donors (Lipinski definition) is 3. The van der Waals surface area contributed by atoms with Crippen molar-refractivity contribution in [3.05, 3.63) is 65.2 Å². The summed E-state index contributed by atoms with van der Waals surface area (Å²) in [5.74, 6) is 2.52. The van der Waals surface area contributed by atoms with E-state index in [2.05, 4.69) is 34.6 Å². The molecule has 42 heavy (non-hydrogen) atoms. The molecule has 3 N–H and O–H groups in total. The minimum Gasteiger partial charge on any atom is -0.392 e. The van der Waals surface area contributed by atoms with Crippen LogP contribution in [0.4, 0.5) is 10.5 Å². The van der Waals surface area contributed by atoms with E-state index < -0.39 is 6.29 Å². The van der Waals surface area contributed by atoms with Crippen molar-refractivity contribution in [1.29, 1.82) is 0 Å². The molecule has 4 saturated carbocycles. The van der Waals surface area contributed by atoms with Gasteiger partial charge < -0.3 is 30.1 Å². The van der Waals surface area contributed by atoms with Crippen LogP contribution in [0.3, 0.4) is 0 Å². The van der Waals surface area contributed by atoms with E-state index in [1.807, 2.05) is 36.4 Å². The van der Waals surface area contributed by atoms with Gasteiger partial charge in [0.2, 0.25) is 0 Å². The Morgan fingerprint density at radius 1 is 0.929 bits per heavy atom. The summed E-state index contributed by atoms with van der Waals surface area (Å²) < 4.78 is 13.4. The number of aliphatic hydroxyl groups excluding tert-OH is 1. The zero-order valence-corrected chi connectivity index (χ0v) is 25.0. The van der Waals surface area contributed by atoms with Crippen molar-refractivity contribution < 1.29 is 19.4 Å². The van der Waals surface area contributed by atoms with Gasteiger partial charge in [-0.2, -0.15) is 0 Å². The van der Waals surface area contributed by atoms with E-state index in [4.69, 9.17) is 9.47 Å². The molecule has 2 saturated heterocycles. The first-order valence-electron chi connectivity index (χ1n) is 16.4.